The van der Waals surface area contributed by atoms with Crippen molar-refractivity contribution in [3.63, 3.8) is 0 Å². The van der Waals surface area contributed by atoms with E-state index in [4.69, 9.17) is 14.5 Å². The van der Waals surface area contributed by atoms with E-state index in [9.17, 15) is 14.7 Å². The number of aliphatic carboxylic acids is 1. The van der Waals surface area contributed by atoms with Crippen LogP contribution in [0.25, 0.3) is 0 Å². The molecule has 0 aromatic carbocycles. The summed E-state index contributed by atoms with van der Waals surface area (Å²) in [7, 11) is 0. The minimum absolute atomic E-state index is 0.176. The molecule has 8 heteroatoms. The Morgan fingerprint density at radius 3 is 2.90 bits per heavy atom. The molecule has 31 heavy (non-hydrogen) atoms. The van der Waals surface area contributed by atoms with Crippen LogP contribution in [0.4, 0.5) is 10.6 Å². The van der Waals surface area contributed by atoms with Crippen LogP contribution in [0.2, 0.25) is 0 Å². The van der Waals surface area contributed by atoms with Gasteiger partial charge in [-0.15, -0.1) is 0 Å². The number of nitrogens with zero attached hydrogens (tertiary/aromatic N) is 1. The lowest BCUT2D eigenvalue weighted by Gasteiger charge is -2.35. The van der Waals surface area contributed by atoms with Crippen LogP contribution in [0, 0.1) is 5.92 Å². The number of aromatic nitrogens is 1. The molecule has 0 saturated heterocycles. The van der Waals surface area contributed by atoms with Gasteiger partial charge >= 0.3 is 12.1 Å². The molecule has 3 N–H and O–H groups in total. The summed E-state index contributed by atoms with van der Waals surface area (Å²) < 4.78 is 11.1. The number of alkyl carbamates (subject to hydrolysis) is 1. The molecule has 1 aliphatic heterocycles. The predicted molar refractivity (Wildman–Crippen MR) is 115 cm³/mol. The number of anilines is 1. The van der Waals surface area contributed by atoms with Gasteiger partial charge in [-0.2, -0.15) is 0 Å². The molecule has 1 atom stereocenters. The van der Waals surface area contributed by atoms with Crippen LogP contribution < -0.4 is 10.6 Å². The third kappa shape index (κ3) is 6.09. The molecular formula is C23H33N3O5. The first-order chi connectivity index (χ1) is 14.9. The fourth-order valence-corrected chi connectivity index (χ4v) is 4.19. The molecule has 0 bridgehead atoms. The zero-order valence-corrected chi connectivity index (χ0v) is 18.2. The highest BCUT2D eigenvalue weighted by atomic mass is 16.6. The molecule has 2 saturated carbocycles. The van der Waals surface area contributed by atoms with E-state index in [1.54, 1.807) is 0 Å². The summed E-state index contributed by atoms with van der Waals surface area (Å²) in [5.41, 5.74) is 2.03. The largest absolute Gasteiger partial charge is 0.480 e. The number of carbonyl (C=O) groups is 2. The Bertz CT molecular complexity index is 804. The third-order valence-corrected chi connectivity index (χ3v) is 6.60. The molecule has 1 amide bonds. The van der Waals surface area contributed by atoms with Gasteiger partial charge in [0.2, 0.25) is 0 Å². The van der Waals surface area contributed by atoms with Crippen molar-refractivity contribution in [3.8, 4) is 0 Å². The molecule has 2 heterocycles. The Hall–Kier alpha value is -2.35. The molecule has 3 aliphatic rings. The summed E-state index contributed by atoms with van der Waals surface area (Å²) in [4.78, 5) is 28.0. The van der Waals surface area contributed by atoms with Crippen molar-refractivity contribution in [2.24, 2.45) is 5.92 Å². The number of rotatable bonds is 10. The number of aryl methyl sites for hydroxylation is 2. The fraction of sp³-hybridized carbons (Fsp3) is 0.696. The second kappa shape index (κ2) is 9.42. The first-order valence-corrected chi connectivity index (χ1v) is 11.5. The van der Waals surface area contributed by atoms with Gasteiger partial charge in [0.05, 0.1) is 6.10 Å². The summed E-state index contributed by atoms with van der Waals surface area (Å²) in [6, 6.07) is 3.35. The Kier molecular flexibility index (Phi) is 6.65. The summed E-state index contributed by atoms with van der Waals surface area (Å²) in [6.45, 7) is 3.16. The number of hydrogen-bond donors (Lipinski definition) is 3. The van der Waals surface area contributed by atoms with Crippen molar-refractivity contribution >= 4 is 17.9 Å². The highest BCUT2D eigenvalue weighted by Crippen LogP contribution is 2.38. The van der Waals surface area contributed by atoms with Gasteiger partial charge in [0, 0.05) is 25.3 Å². The maximum Gasteiger partial charge on any atom is 0.408 e. The zero-order valence-electron chi connectivity index (χ0n) is 18.2. The van der Waals surface area contributed by atoms with E-state index < -0.39 is 23.7 Å². The van der Waals surface area contributed by atoms with E-state index in [1.807, 2.05) is 6.92 Å². The topological polar surface area (TPSA) is 110 Å². The standard InChI is InChI=1S/C23H33N3O5/c1-23(9-10-23)31-22(29)26-19(21(27)28)8-12-30-18-13-15(14-18)4-6-17-7-5-16-3-2-11-24-20(16)25-17/h5,7,15,18-19H,2-4,6,8-14H2,1H3,(H,24,25)(H,26,29)(H,27,28)/t15-,18-,19-/m0/s1. The number of carboxylic acid groups (broad SMARTS) is 1. The molecular weight excluding hydrogens is 398 g/mol. The Labute approximate surface area is 183 Å². The van der Waals surface area contributed by atoms with Gasteiger partial charge in [-0.3, -0.25) is 0 Å². The van der Waals surface area contributed by atoms with Crippen molar-refractivity contribution in [2.45, 2.75) is 82.5 Å². The Morgan fingerprint density at radius 1 is 1.35 bits per heavy atom. The zero-order chi connectivity index (χ0) is 21.8. The quantitative estimate of drug-likeness (QED) is 0.521. The summed E-state index contributed by atoms with van der Waals surface area (Å²) in [5, 5.41) is 15.2. The molecule has 1 aromatic heterocycles. The van der Waals surface area contributed by atoms with Crippen LogP contribution in [0.3, 0.4) is 0 Å². The number of fused-ring (bicyclic) bond motifs is 1. The van der Waals surface area contributed by atoms with Crippen LogP contribution in [-0.2, 0) is 27.1 Å². The van der Waals surface area contributed by atoms with Gasteiger partial charge in [-0.1, -0.05) is 6.07 Å². The SMILES string of the molecule is CC1(OC(=O)N[C@@H](CCO[C@H]2C[C@H](CCc3ccc4c(n3)NCCC4)C2)C(=O)O)CC1. The third-order valence-electron chi connectivity index (χ3n) is 6.60. The van der Waals surface area contributed by atoms with Gasteiger partial charge in [0.15, 0.2) is 0 Å². The molecule has 170 valence electrons. The summed E-state index contributed by atoms with van der Waals surface area (Å²) in [5.74, 6) is 0.605. The average molecular weight is 432 g/mol. The smallest absolute Gasteiger partial charge is 0.408 e. The highest BCUT2D eigenvalue weighted by molar-refractivity contribution is 5.80. The summed E-state index contributed by atoms with van der Waals surface area (Å²) >= 11 is 0. The number of hydrogen-bond acceptors (Lipinski definition) is 6. The lowest BCUT2D eigenvalue weighted by Crippen LogP contribution is -2.43. The van der Waals surface area contributed by atoms with Gasteiger partial charge < -0.3 is 25.2 Å². The molecule has 8 nitrogen and oxygen atoms in total. The molecule has 1 aromatic rings. The molecule has 2 fully saturated rings. The number of pyridine rings is 1. The first kappa shape index (κ1) is 21.9. The summed E-state index contributed by atoms with van der Waals surface area (Å²) in [6.07, 6.45) is 7.72. The van der Waals surface area contributed by atoms with Crippen molar-refractivity contribution in [1.82, 2.24) is 10.3 Å². The average Bonchev–Trinajstić information content (AvgIpc) is 3.44. The Balaban J connectivity index is 1.11. The van der Waals surface area contributed by atoms with E-state index in [0.29, 0.717) is 12.5 Å². The van der Waals surface area contributed by atoms with Crippen LogP contribution in [-0.4, -0.2) is 53.1 Å². The van der Waals surface area contributed by atoms with E-state index in [1.165, 1.54) is 12.0 Å². The number of nitrogens with one attached hydrogen (secondary N) is 2. The van der Waals surface area contributed by atoms with Gasteiger partial charge in [-0.05, 0) is 75.8 Å². The van der Waals surface area contributed by atoms with E-state index in [-0.39, 0.29) is 12.5 Å². The van der Waals surface area contributed by atoms with E-state index in [0.717, 1.165) is 63.0 Å². The maximum atomic E-state index is 11.8. The number of carbonyl (C=O) groups excluding carboxylic acids is 1. The van der Waals surface area contributed by atoms with Crippen LogP contribution in [0.15, 0.2) is 12.1 Å². The minimum atomic E-state index is -1.07. The van der Waals surface area contributed by atoms with E-state index >= 15 is 0 Å². The number of amides is 1. The van der Waals surface area contributed by atoms with Crippen LogP contribution >= 0.6 is 0 Å². The van der Waals surface area contributed by atoms with Crippen molar-refractivity contribution in [3.05, 3.63) is 23.4 Å². The molecule has 2 aliphatic carbocycles. The van der Waals surface area contributed by atoms with Crippen molar-refractivity contribution in [1.29, 1.82) is 0 Å². The molecule has 0 spiro atoms. The lowest BCUT2D eigenvalue weighted by atomic mass is 9.79. The van der Waals surface area contributed by atoms with Crippen molar-refractivity contribution in [2.75, 3.05) is 18.5 Å². The predicted octanol–water partition coefficient (Wildman–Crippen LogP) is 3.29. The van der Waals surface area contributed by atoms with Crippen LogP contribution in [0.1, 0.15) is 63.1 Å². The molecule has 4 rings (SSSR count). The molecule has 0 radical (unpaired) electrons. The highest BCUT2D eigenvalue weighted by Gasteiger charge is 2.42. The van der Waals surface area contributed by atoms with Crippen LogP contribution in [0.5, 0.6) is 0 Å². The van der Waals surface area contributed by atoms with Gasteiger partial charge in [0.25, 0.3) is 0 Å². The van der Waals surface area contributed by atoms with Crippen molar-refractivity contribution < 1.29 is 24.2 Å². The van der Waals surface area contributed by atoms with Gasteiger partial charge in [-0.25, -0.2) is 14.6 Å². The number of carboxylic acids is 1. The van der Waals surface area contributed by atoms with E-state index in [2.05, 4.69) is 22.8 Å². The normalized spacial score (nSPS) is 24.2. The first-order valence-electron chi connectivity index (χ1n) is 11.5. The number of ether oxygens (including phenoxy) is 2. The minimum Gasteiger partial charge on any atom is -0.480 e. The second-order valence-corrected chi connectivity index (χ2v) is 9.37. The maximum absolute atomic E-state index is 11.8. The Morgan fingerprint density at radius 2 is 2.16 bits per heavy atom. The van der Waals surface area contributed by atoms with Gasteiger partial charge in [0.1, 0.15) is 17.5 Å². The monoisotopic (exact) mass is 431 g/mol. The second-order valence-electron chi connectivity index (χ2n) is 9.37. The lowest BCUT2D eigenvalue weighted by molar-refractivity contribution is -0.140. The molecule has 0 unspecified atom stereocenters. The fourth-order valence-electron chi connectivity index (χ4n) is 4.19.